The summed E-state index contributed by atoms with van der Waals surface area (Å²) in [6.45, 7) is 5.95. The molecular formula is C19H22N2O2. The van der Waals surface area contributed by atoms with Crippen LogP contribution in [0.2, 0.25) is 0 Å². The van der Waals surface area contributed by atoms with Gasteiger partial charge in [-0.2, -0.15) is 0 Å². The molecule has 1 atom stereocenters. The van der Waals surface area contributed by atoms with Gasteiger partial charge in [0, 0.05) is 22.9 Å². The fraction of sp³-hybridized carbons (Fsp3) is 0.263. The summed E-state index contributed by atoms with van der Waals surface area (Å²) in [6, 6.07) is 14.4. The molecule has 2 aromatic rings. The van der Waals surface area contributed by atoms with E-state index in [4.69, 9.17) is 0 Å². The quantitative estimate of drug-likeness (QED) is 0.883. The van der Waals surface area contributed by atoms with E-state index in [0.717, 1.165) is 12.0 Å². The van der Waals surface area contributed by atoms with Crippen molar-refractivity contribution in [2.75, 3.05) is 5.32 Å². The van der Waals surface area contributed by atoms with Crippen molar-refractivity contribution in [3.8, 4) is 0 Å². The first-order valence-electron chi connectivity index (χ1n) is 7.78. The Labute approximate surface area is 136 Å². The summed E-state index contributed by atoms with van der Waals surface area (Å²) in [6.07, 6.45) is 0.871. The van der Waals surface area contributed by atoms with E-state index in [1.807, 2.05) is 32.9 Å². The molecule has 0 unspecified atom stereocenters. The topological polar surface area (TPSA) is 58.2 Å². The number of nitrogens with one attached hydrogen (secondary N) is 2. The highest BCUT2D eigenvalue weighted by Gasteiger charge is 2.10. The number of rotatable bonds is 5. The molecule has 0 aliphatic heterocycles. The number of hydrogen-bond acceptors (Lipinski definition) is 2. The lowest BCUT2D eigenvalue weighted by atomic mass is 10.1. The van der Waals surface area contributed by atoms with E-state index in [-0.39, 0.29) is 17.9 Å². The van der Waals surface area contributed by atoms with Crippen LogP contribution in [0.1, 0.15) is 46.5 Å². The summed E-state index contributed by atoms with van der Waals surface area (Å²) in [4.78, 5) is 24.4. The molecule has 0 saturated carbocycles. The predicted molar refractivity (Wildman–Crippen MR) is 92.8 cm³/mol. The van der Waals surface area contributed by atoms with Gasteiger partial charge in [-0.3, -0.25) is 9.59 Å². The maximum Gasteiger partial charge on any atom is 0.255 e. The van der Waals surface area contributed by atoms with Crippen molar-refractivity contribution < 1.29 is 9.59 Å². The second kappa shape index (κ2) is 7.58. The molecule has 0 aliphatic carbocycles. The molecule has 0 radical (unpaired) electrons. The smallest absolute Gasteiger partial charge is 0.255 e. The number of carbonyl (C=O) groups is 2. The highest BCUT2D eigenvalue weighted by molar-refractivity contribution is 6.05. The summed E-state index contributed by atoms with van der Waals surface area (Å²) in [7, 11) is 0. The summed E-state index contributed by atoms with van der Waals surface area (Å²) in [5, 5.41) is 5.73. The summed E-state index contributed by atoms with van der Waals surface area (Å²) in [5.41, 5.74) is 2.83. The Morgan fingerprint density at radius 1 is 1.00 bits per heavy atom. The van der Waals surface area contributed by atoms with Crippen molar-refractivity contribution >= 4 is 17.5 Å². The third-order valence-electron chi connectivity index (χ3n) is 3.69. The minimum Gasteiger partial charge on any atom is -0.350 e. The molecule has 0 aliphatic rings. The molecule has 2 rings (SSSR count). The van der Waals surface area contributed by atoms with Crippen molar-refractivity contribution in [3.63, 3.8) is 0 Å². The SMILES string of the molecule is CC[C@H](C)NC(=O)c1cccc(NC(=O)c2ccc(C)cc2)c1. The monoisotopic (exact) mass is 310 g/mol. The van der Waals surface area contributed by atoms with E-state index in [9.17, 15) is 9.59 Å². The number of benzene rings is 2. The lowest BCUT2D eigenvalue weighted by Gasteiger charge is -2.12. The Morgan fingerprint density at radius 2 is 1.70 bits per heavy atom. The molecule has 4 nitrogen and oxygen atoms in total. The van der Waals surface area contributed by atoms with Gasteiger partial charge in [0.1, 0.15) is 0 Å². The Hall–Kier alpha value is -2.62. The molecule has 2 N–H and O–H groups in total. The van der Waals surface area contributed by atoms with Crippen LogP contribution in [0.5, 0.6) is 0 Å². The zero-order chi connectivity index (χ0) is 16.8. The number of hydrogen-bond donors (Lipinski definition) is 2. The Morgan fingerprint density at radius 3 is 2.35 bits per heavy atom. The van der Waals surface area contributed by atoms with Gasteiger partial charge in [0.15, 0.2) is 0 Å². The fourth-order valence-electron chi connectivity index (χ4n) is 2.06. The van der Waals surface area contributed by atoms with Crippen LogP contribution in [0, 0.1) is 6.92 Å². The number of anilines is 1. The van der Waals surface area contributed by atoms with E-state index < -0.39 is 0 Å². The third kappa shape index (κ3) is 4.68. The van der Waals surface area contributed by atoms with Gasteiger partial charge in [0.2, 0.25) is 0 Å². The highest BCUT2D eigenvalue weighted by Crippen LogP contribution is 2.13. The molecule has 23 heavy (non-hydrogen) atoms. The first-order chi connectivity index (χ1) is 11.0. The van der Waals surface area contributed by atoms with Gasteiger partial charge in [0.05, 0.1) is 0 Å². The summed E-state index contributed by atoms with van der Waals surface area (Å²) in [5.74, 6) is -0.324. The van der Waals surface area contributed by atoms with Gasteiger partial charge in [-0.15, -0.1) is 0 Å². The normalized spacial score (nSPS) is 11.6. The van der Waals surface area contributed by atoms with Crippen LogP contribution in [0.3, 0.4) is 0 Å². The molecule has 4 heteroatoms. The van der Waals surface area contributed by atoms with Gasteiger partial charge in [-0.1, -0.05) is 30.7 Å². The zero-order valence-corrected chi connectivity index (χ0v) is 13.7. The van der Waals surface area contributed by atoms with Crippen LogP contribution in [0.4, 0.5) is 5.69 Å². The Bertz CT molecular complexity index is 693. The minimum absolute atomic E-state index is 0.119. The Balaban J connectivity index is 2.09. The predicted octanol–water partition coefficient (Wildman–Crippen LogP) is 3.78. The molecule has 0 saturated heterocycles. The molecule has 0 aromatic heterocycles. The molecule has 2 aromatic carbocycles. The maximum atomic E-state index is 12.2. The van der Waals surface area contributed by atoms with Crippen LogP contribution in [-0.4, -0.2) is 17.9 Å². The van der Waals surface area contributed by atoms with Crippen LogP contribution in [-0.2, 0) is 0 Å². The molecular weight excluding hydrogens is 288 g/mol. The van der Waals surface area contributed by atoms with Crippen molar-refractivity contribution in [2.45, 2.75) is 33.2 Å². The first-order valence-corrected chi connectivity index (χ1v) is 7.78. The molecule has 120 valence electrons. The lowest BCUT2D eigenvalue weighted by Crippen LogP contribution is -2.31. The van der Waals surface area contributed by atoms with E-state index in [1.165, 1.54) is 0 Å². The largest absolute Gasteiger partial charge is 0.350 e. The number of aryl methyl sites for hydroxylation is 1. The zero-order valence-electron chi connectivity index (χ0n) is 13.7. The van der Waals surface area contributed by atoms with E-state index in [2.05, 4.69) is 10.6 Å². The van der Waals surface area contributed by atoms with Crippen LogP contribution in [0.15, 0.2) is 48.5 Å². The molecule has 0 bridgehead atoms. The molecule has 0 fully saturated rings. The number of carbonyl (C=O) groups excluding carboxylic acids is 2. The lowest BCUT2D eigenvalue weighted by molar-refractivity contribution is 0.0938. The maximum absolute atomic E-state index is 12.2. The average molecular weight is 310 g/mol. The fourth-order valence-corrected chi connectivity index (χ4v) is 2.06. The first kappa shape index (κ1) is 16.7. The highest BCUT2D eigenvalue weighted by atomic mass is 16.2. The number of amides is 2. The van der Waals surface area contributed by atoms with Crippen molar-refractivity contribution in [3.05, 3.63) is 65.2 Å². The molecule has 0 heterocycles. The Kier molecular flexibility index (Phi) is 5.52. The van der Waals surface area contributed by atoms with E-state index in [1.54, 1.807) is 36.4 Å². The van der Waals surface area contributed by atoms with Gasteiger partial charge in [-0.05, 0) is 50.6 Å². The van der Waals surface area contributed by atoms with Crippen LogP contribution >= 0.6 is 0 Å². The van der Waals surface area contributed by atoms with Crippen molar-refractivity contribution in [1.82, 2.24) is 5.32 Å². The van der Waals surface area contributed by atoms with Crippen LogP contribution in [0.25, 0.3) is 0 Å². The van der Waals surface area contributed by atoms with E-state index >= 15 is 0 Å². The molecule has 2 amide bonds. The second-order valence-electron chi connectivity index (χ2n) is 5.68. The molecule has 0 spiro atoms. The summed E-state index contributed by atoms with van der Waals surface area (Å²) < 4.78 is 0. The minimum atomic E-state index is -0.190. The van der Waals surface area contributed by atoms with Gasteiger partial charge in [-0.25, -0.2) is 0 Å². The van der Waals surface area contributed by atoms with Gasteiger partial charge >= 0.3 is 0 Å². The van der Waals surface area contributed by atoms with Crippen molar-refractivity contribution in [1.29, 1.82) is 0 Å². The second-order valence-corrected chi connectivity index (χ2v) is 5.68. The van der Waals surface area contributed by atoms with E-state index in [0.29, 0.717) is 16.8 Å². The summed E-state index contributed by atoms with van der Waals surface area (Å²) >= 11 is 0. The average Bonchev–Trinajstić information content (AvgIpc) is 2.55. The standard InChI is InChI=1S/C19H22N2O2/c1-4-14(3)20-19(23)16-6-5-7-17(12-16)21-18(22)15-10-8-13(2)9-11-15/h5-12,14H,4H2,1-3H3,(H,20,23)(H,21,22)/t14-/m0/s1. The van der Waals surface area contributed by atoms with Crippen molar-refractivity contribution in [2.24, 2.45) is 0 Å². The third-order valence-corrected chi connectivity index (χ3v) is 3.69. The van der Waals surface area contributed by atoms with Gasteiger partial charge < -0.3 is 10.6 Å². The van der Waals surface area contributed by atoms with Crippen LogP contribution < -0.4 is 10.6 Å². The van der Waals surface area contributed by atoms with Gasteiger partial charge in [0.25, 0.3) is 11.8 Å².